The largest absolute Gasteiger partial charge is 0.458 e. The van der Waals surface area contributed by atoms with Gasteiger partial charge in [-0.25, -0.2) is 0 Å². The lowest BCUT2D eigenvalue weighted by Gasteiger charge is -2.33. The Hall–Kier alpha value is -1.66. The van der Waals surface area contributed by atoms with E-state index in [9.17, 15) is 49.8 Å². The molecule has 5 nitrogen and oxygen atoms in total. The summed E-state index contributed by atoms with van der Waals surface area (Å²) in [5, 5.41) is 9.79. The molecule has 3 fully saturated rings. The van der Waals surface area contributed by atoms with Crippen molar-refractivity contribution in [1.82, 2.24) is 0 Å². The van der Waals surface area contributed by atoms with Crippen LogP contribution in [0.4, 0.5) is 35.1 Å². The van der Waals surface area contributed by atoms with E-state index in [4.69, 9.17) is 4.74 Å². The fourth-order valence-electron chi connectivity index (χ4n) is 4.00. The summed E-state index contributed by atoms with van der Waals surface area (Å²) in [6.07, 6.45) is -20.7. The predicted octanol–water partition coefficient (Wildman–Crippen LogP) is 1.97. The molecule has 0 radical (unpaired) electrons. The first kappa shape index (κ1) is 19.1. The van der Waals surface area contributed by atoms with Crippen LogP contribution >= 0.6 is 0 Å². The molecule has 2 saturated carbocycles. The molecular formula is C13H10F8O5. The number of hydrogen-bond acceptors (Lipinski definition) is 5. The van der Waals surface area contributed by atoms with E-state index in [1.807, 2.05) is 0 Å². The number of esters is 2. The highest BCUT2D eigenvalue weighted by molar-refractivity contribution is 6.03. The quantitative estimate of drug-likeness (QED) is 0.447. The van der Waals surface area contributed by atoms with Crippen LogP contribution in [0.25, 0.3) is 0 Å². The topological polar surface area (TPSA) is 72.8 Å². The van der Waals surface area contributed by atoms with Crippen LogP contribution in [0.5, 0.6) is 0 Å². The smallest absolute Gasteiger partial charge is 0.457 e. The molecule has 0 aromatic rings. The molecule has 1 saturated heterocycles. The number of ether oxygens (including phenoxy) is 2. The van der Waals surface area contributed by atoms with Crippen molar-refractivity contribution in [2.24, 2.45) is 17.3 Å². The van der Waals surface area contributed by atoms with E-state index >= 15 is 0 Å². The lowest BCUT2D eigenvalue weighted by Crippen LogP contribution is -2.58. The molecule has 13 heteroatoms. The molecule has 0 aromatic heterocycles. The van der Waals surface area contributed by atoms with Crippen molar-refractivity contribution < 1.29 is 59.3 Å². The van der Waals surface area contributed by atoms with Gasteiger partial charge in [-0.2, -0.15) is 35.1 Å². The molecule has 1 heterocycles. The van der Waals surface area contributed by atoms with E-state index in [-0.39, 0.29) is 6.42 Å². The average Bonchev–Trinajstić information content (AvgIpc) is 3.05. The SMILES string of the molecule is O=C1OC2C(O)C3CC2C1(C(=O)OC(C(F)(F)F)C(F)(F)C(F)(F)F)C3. The normalized spacial score (nSPS) is 37.7. The van der Waals surface area contributed by atoms with Crippen LogP contribution in [0.1, 0.15) is 12.8 Å². The fourth-order valence-corrected chi connectivity index (χ4v) is 4.00. The lowest BCUT2D eigenvalue weighted by molar-refractivity contribution is -0.361. The number of hydrogen-bond donors (Lipinski definition) is 1. The monoisotopic (exact) mass is 398 g/mol. The number of carbonyl (C=O) groups excluding carboxylic acids is 2. The van der Waals surface area contributed by atoms with Gasteiger partial charge in [0.1, 0.15) is 6.10 Å². The average molecular weight is 398 g/mol. The number of fused-ring (bicyclic) bond motifs is 1. The van der Waals surface area contributed by atoms with Gasteiger partial charge in [0.25, 0.3) is 6.10 Å². The summed E-state index contributed by atoms with van der Waals surface area (Å²) in [6.45, 7) is 0. The number of rotatable bonds is 3. The minimum atomic E-state index is -6.64. The summed E-state index contributed by atoms with van der Waals surface area (Å²) in [5.41, 5.74) is -2.42. The van der Waals surface area contributed by atoms with E-state index < -0.39 is 72.2 Å². The van der Waals surface area contributed by atoms with Crippen LogP contribution in [0.2, 0.25) is 0 Å². The van der Waals surface area contributed by atoms with Crippen molar-refractivity contribution in [2.45, 2.75) is 49.4 Å². The van der Waals surface area contributed by atoms with Gasteiger partial charge >= 0.3 is 30.2 Å². The molecule has 3 aliphatic rings. The Kier molecular flexibility index (Phi) is 3.82. The number of alkyl halides is 8. The van der Waals surface area contributed by atoms with Gasteiger partial charge in [-0.1, -0.05) is 0 Å². The van der Waals surface area contributed by atoms with Crippen molar-refractivity contribution in [3.63, 3.8) is 0 Å². The third-order valence-corrected chi connectivity index (χ3v) is 5.19. The molecule has 1 N–H and O–H groups in total. The van der Waals surface area contributed by atoms with E-state index in [2.05, 4.69) is 4.74 Å². The van der Waals surface area contributed by atoms with Crippen LogP contribution < -0.4 is 0 Å². The molecule has 6 atom stereocenters. The van der Waals surface area contributed by atoms with Crippen LogP contribution in [-0.2, 0) is 19.1 Å². The van der Waals surface area contributed by atoms with Crippen molar-refractivity contribution in [1.29, 1.82) is 0 Å². The first-order valence-electron chi connectivity index (χ1n) is 7.25. The maximum absolute atomic E-state index is 13.2. The molecule has 2 aliphatic carbocycles. The van der Waals surface area contributed by atoms with Gasteiger partial charge in [-0.3, -0.25) is 9.59 Å². The van der Waals surface area contributed by atoms with Crippen molar-refractivity contribution in [3.8, 4) is 0 Å². The van der Waals surface area contributed by atoms with E-state index in [1.165, 1.54) is 0 Å². The summed E-state index contributed by atoms with van der Waals surface area (Å²) in [4.78, 5) is 24.1. The number of aliphatic hydroxyl groups is 1. The second kappa shape index (κ2) is 5.20. The summed E-state index contributed by atoms with van der Waals surface area (Å²) in [6, 6.07) is 0. The maximum Gasteiger partial charge on any atom is 0.457 e. The molecule has 0 aromatic carbocycles. The van der Waals surface area contributed by atoms with Gasteiger partial charge in [0.15, 0.2) is 5.41 Å². The van der Waals surface area contributed by atoms with E-state index in [0.717, 1.165) is 0 Å². The highest BCUT2D eigenvalue weighted by Gasteiger charge is 2.77. The fraction of sp³-hybridized carbons (Fsp3) is 0.846. The highest BCUT2D eigenvalue weighted by Crippen LogP contribution is 2.62. The Morgan fingerprint density at radius 3 is 2.23 bits per heavy atom. The Morgan fingerprint density at radius 1 is 1.19 bits per heavy atom. The van der Waals surface area contributed by atoms with Gasteiger partial charge in [0, 0.05) is 5.92 Å². The Balaban J connectivity index is 1.92. The van der Waals surface area contributed by atoms with Gasteiger partial charge in [-0.05, 0) is 18.8 Å². The van der Waals surface area contributed by atoms with Gasteiger partial charge < -0.3 is 14.6 Å². The van der Waals surface area contributed by atoms with Crippen molar-refractivity contribution >= 4 is 11.9 Å². The van der Waals surface area contributed by atoms with Crippen LogP contribution in [-0.4, -0.2) is 53.6 Å². The van der Waals surface area contributed by atoms with Crippen LogP contribution in [0, 0.1) is 17.3 Å². The summed E-state index contributed by atoms with van der Waals surface area (Å²) in [7, 11) is 0. The zero-order chi connectivity index (χ0) is 19.9. The highest BCUT2D eigenvalue weighted by atomic mass is 19.4. The molecule has 148 valence electrons. The lowest BCUT2D eigenvalue weighted by atomic mass is 9.73. The molecule has 1 aliphatic heterocycles. The molecule has 0 amide bonds. The summed E-state index contributed by atoms with van der Waals surface area (Å²) < 4.78 is 110. The molecule has 6 unspecified atom stereocenters. The Morgan fingerprint density at radius 2 is 1.77 bits per heavy atom. The second-order valence-electron chi connectivity index (χ2n) is 6.59. The summed E-state index contributed by atoms with van der Waals surface area (Å²) >= 11 is 0. The summed E-state index contributed by atoms with van der Waals surface area (Å²) in [5.74, 6) is -11.9. The minimum Gasteiger partial charge on any atom is -0.458 e. The Bertz CT molecular complexity index is 643. The third kappa shape index (κ3) is 2.31. The second-order valence-corrected chi connectivity index (χ2v) is 6.59. The van der Waals surface area contributed by atoms with Crippen molar-refractivity contribution in [2.75, 3.05) is 0 Å². The first-order valence-corrected chi connectivity index (χ1v) is 7.25. The van der Waals surface area contributed by atoms with Gasteiger partial charge in [-0.15, -0.1) is 0 Å². The van der Waals surface area contributed by atoms with Gasteiger partial charge in [0.2, 0.25) is 0 Å². The number of carbonyl (C=O) groups is 2. The molecule has 0 spiro atoms. The molecule has 3 rings (SSSR count). The minimum absolute atomic E-state index is 0.0287. The number of aliphatic hydroxyl groups excluding tert-OH is 1. The molecule has 2 bridgehead atoms. The van der Waals surface area contributed by atoms with Crippen LogP contribution in [0.15, 0.2) is 0 Å². The van der Waals surface area contributed by atoms with E-state index in [0.29, 0.717) is 0 Å². The predicted molar refractivity (Wildman–Crippen MR) is 61.5 cm³/mol. The molecular weight excluding hydrogens is 388 g/mol. The van der Waals surface area contributed by atoms with Crippen molar-refractivity contribution in [3.05, 3.63) is 0 Å². The third-order valence-electron chi connectivity index (χ3n) is 5.19. The Labute approximate surface area is 139 Å². The zero-order valence-corrected chi connectivity index (χ0v) is 12.4. The van der Waals surface area contributed by atoms with E-state index in [1.54, 1.807) is 0 Å². The van der Waals surface area contributed by atoms with Gasteiger partial charge in [0.05, 0.1) is 6.10 Å². The standard InChI is InChI=1S/C13H10F8O5/c14-11(15,13(19,20)21)7(12(16,17)18)26-9(24)10-2-3-1-4(10)6(5(3)22)25-8(10)23/h3-7,22H,1-2H2. The number of halogens is 8. The first-order chi connectivity index (χ1) is 11.6. The molecule has 26 heavy (non-hydrogen) atoms. The van der Waals surface area contributed by atoms with Crippen LogP contribution in [0.3, 0.4) is 0 Å². The zero-order valence-electron chi connectivity index (χ0n) is 12.4. The maximum atomic E-state index is 13.2.